The maximum absolute atomic E-state index is 14.5. The standard InChI is InChI=1S/C72H88F7N9O8S/c1-6-56(73)26-25-50(2)70(48-88(49-95-70)65(91)53-42-54(71(74,75)76)45-55(43-53)72(77,78)79)31-39-87-37-29-69(30-38-87)59-22-14-12-20-52(59)44-62(69)94-47-64(90)83(3)33-17-34-85(5)66(92)61-46-81-67(97-61)80-32-16-8-11-24-63(89)84(4)40-41-86-35-27-57(28-36-86)96-68(93)82-60-23-15-13-21-58(60)51-18-9-7-10-19-51/h7,9-10,12-15,18-23,25-26,42-43,45-46,57,62H,6,8,11,16-17,24,27-41,44,47-49H2,1-5H3,(H,80,81)(H,82,93)/b50-25+,56-26+/t62-,70-/m0/s1. The van der Waals surface area contributed by atoms with E-state index in [9.17, 15) is 54.7 Å². The third kappa shape index (κ3) is 19.4. The van der Waals surface area contributed by atoms with Crippen LogP contribution >= 0.6 is 11.3 Å². The van der Waals surface area contributed by atoms with Gasteiger partial charge in [-0.25, -0.2) is 14.2 Å². The van der Waals surface area contributed by atoms with Crippen LogP contribution in [-0.4, -0.2) is 188 Å². The summed E-state index contributed by atoms with van der Waals surface area (Å²) >= 11 is 1.27. The lowest BCUT2D eigenvalue weighted by Crippen LogP contribution is -2.50. The van der Waals surface area contributed by atoms with Crippen LogP contribution in [0.5, 0.6) is 0 Å². The predicted molar refractivity (Wildman–Crippen MR) is 359 cm³/mol. The average molecular weight is 1370 g/mol. The van der Waals surface area contributed by atoms with Gasteiger partial charge in [-0.15, -0.1) is 0 Å². The SMILES string of the molecule is CC/C(F)=C\C=C(/C)[C@]1(CCN2CCC3(CC2)c2ccccc2C[C@@H]3OCC(=O)N(C)CCCN(C)C(=O)c2cnc(NCCCCCC(=O)N(C)CCN3CCC(OC(=O)Nc4ccccc4-c4ccccc4)CC3)s2)CN(C(=O)c2cc(C(F)(F)F)cc(C(F)(F)F)c2)CO1. The van der Waals surface area contributed by atoms with Crippen molar-refractivity contribution in [3.63, 3.8) is 0 Å². The highest BCUT2D eigenvalue weighted by Crippen LogP contribution is 2.48. The Bertz CT molecular complexity index is 3540. The Kier molecular flexibility index (Phi) is 25.2. The Balaban J connectivity index is 0.657. The number of carbonyl (C=O) groups excluding carboxylic acids is 5. The zero-order valence-corrected chi connectivity index (χ0v) is 56.6. The van der Waals surface area contributed by atoms with E-state index in [0.29, 0.717) is 111 Å². The van der Waals surface area contributed by atoms with E-state index in [0.717, 1.165) is 78.9 Å². The largest absolute Gasteiger partial charge is 0.446 e. The molecule has 524 valence electrons. The number of ether oxygens (including phenoxy) is 3. The number of allylic oxidation sites excluding steroid dienone is 3. The Morgan fingerprint density at radius 3 is 2.13 bits per heavy atom. The normalized spacial score (nSPS) is 18.6. The fourth-order valence-electron chi connectivity index (χ4n) is 13.2. The van der Waals surface area contributed by atoms with E-state index < -0.39 is 64.6 Å². The zero-order chi connectivity index (χ0) is 69.5. The van der Waals surface area contributed by atoms with Crippen LogP contribution in [0.2, 0.25) is 0 Å². The fourth-order valence-corrected chi connectivity index (χ4v) is 14.1. The minimum atomic E-state index is -5.15. The molecular weight excluding hydrogens is 1280 g/mol. The number of fused-ring (bicyclic) bond motifs is 2. The Morgan fingerprint density at radius 2 is 1.42 bits per heavy atom. The van der Waals surface area contributed by atoms with Crippen LogP contribution in [0.3, 0.4) is 0 Å². The summed E-state index contributed by atoms with van der Waals surface area (Å²) in [6, 6.07) is 26.5. The summed E-state index contributed by atoms with van der Waals surface area (Å²) in [6.45, 7) is 8.52. The Morgan fingerprint density at radius 1 is 0.763 bits per heavy atom. The molecule has 9 rings (SSSR count). The number of unbranched alkanes of at least 4 members (excludes halogenated alkanes) is 2. The maximum atomic E-state index is 14.5. The van der Waals surface area contributed by atoms with Crippen molar-refractivity contribution in [2.24, 2.45) is 0 Å². The minimum Gasteiger partial charge on any atom is -0.446 e. The molecule has 5 aromatic rings. The smallest absolute Gasteiger partial charge is 0.416 e. The number of alkyl halides is 6. The highest BCUT2D eigenvalue weighted by molar-refractivity contribution is 7.17. The number of thiazole rings is 1. The molecule has 0 radical (unpaired) electrons. The number of nitrogens with one attached hydrogen (secondary N) is 2. The number of piperidine rings is 2. The number of likely N-dealkylation sites (tertiary alicyclic amines) is 2. The second-order valence-electron chi connectivity index (χ2n) is 25.8. The molecule has 5 amide bonds. The van der Waals surface area contributed by atoms with Crippen molar-refractivity contribution >= 4 is 51.9 Å². The molecule has 2 N–H and O–H groups in total. The van der Waals surface area contributed by atoms with E-state index in [2.05, 4.69) is 37.6 Å². The van der Waals surface area contributed by atoms with Crippen LogP contribution < -0.4 is 10.6 Å². The third-order valence-electron chi connectivity index (χ3n) is 19.3. The molecule has 1 spiro atoms. The number of rotatable bonds is 28. The fraction of sp³-hybridized carbons (Fsp3) is 0.500. The summed E-state index contributed by atoms with van der Waals surface area (Å²) < 4.78 is 116. The van der Waals surface area contributed by atoms with Gasteiger partial charge in [0.05, 0.1) is 41.5 Å². The van der Waals surface area contributed by atoms with Crippen molar-refractivity contribution in [3.05, 3.63) is 160 Å². The van der Waals surface area contributed by atoms with Crippen LogP contribution in [0.1, 0.15) is 127 Å². The predicted octanol–water partition coefficient (Wildman–Crippen LogP) is 13.4. The van der Waals surface area contributed by atoms with E-state index in [1.165, 1.54) is 23.5 Å². The van der Waals surface area contributed by atoms with E-state index in [1.807, 2.05) is 73.8 Å². The highest BCUT2D eigenvalue weighted by Gasteiger charge is 2.50. The average Bonchev–Trinajstić information content (AvgIpc) is 1.60. The van der Waals surface area contributed by atoms with Gasteiger partial charge in [0.15, 0.2) is 5.13 Å². The van der Waals surface area contributed by atoms with Gasteiger partial charge in [-0.05, 0) is 137 Å². The van der Waals surface area contributed by atoms with E-state index >= 15 is 0 Å². The second kappa shape index (κ2) is 33.2. The van der Waals surface area contributed by atoms with Gasteiger partial charge in [0.2, 0.25) is 11.8 Å². The summed E-state index contributed by atoms with van der Waals surface area (Å²) in [6.07, 6.45) is 0.280. The lowest BCUT2D eigenvalue weighted by Gasteiger charge is -2.44. The number of benzene rings is 4. The summed E-state index contributed by atoms with van der Waals surface area (Å²) in [7, 11) is 5.27. The van der Waals surface area contributed by atoms with Crippen molar-refractivity contribution < 1.29 is 68.9 Å². The number of halogens is 7. The van der Waals surface area contributed by atoms with E-state index in [4.69, 9.17) is 14.2 Å². The number of amides is 5. The quantitative estimate of drug-likeness (QED) is 0.0276. The molecule has 0 bridgehead atoms. The van der Waals surface area contributed by atoms with Crippen LogP contribution in [0.4, 0.5) is 46.3 Å². The van der Waals surface area contributed by atoms with Crippen LogP contribution in [0.15, 0.2) is 127 Å². The topological polar surface area (TPSA) is 169 Å². The van der Waals surface area contributed by atoms with Crippen LogP contribution in [0, 0.1) is 0 Å². The minimum absolute atomic E-state index is 0.0268. The summed E-state index contributed by atoms with van der Waals surface area (Å²) in [5.41, 5.74) is -0.200. The van der Waals surface area contributed by atoms with E-state index in [1.54, 1.807) is 48.8 Å². The summed E-state index contributed by atoms with van der Waals surface area (Å²) in [4.78, 5) is 82.3. The van der Waals surface area contributed by atoms with Gasteiger partial charge in [0.1, 0.15) is 29.9 Å². The number of aromatic nitrogens is 1. The van der Waals surface area contributed by atoms with E-state index in [-0.39, 0.29) is 62.0 Å². The molecule has 25 heteroatoms. The lowest BCUT2D eigenvalue weighted by molar-refractivity contribution is -0.143. The van der Waals surface area contributed by atoms with Crippen molar-refractivity contribution in [2.45, 2.75) is 126 Å². The molecule has 0 unspecified atom stereocenters. The zero-order valence-electron chi connectivity index (χ0n) is 55.8. The molecule has 0 saturated carbocycles. The number of carbonyl (C=O) groups is 5. The van der Waals surface area contributed by atoms with Gasteiger partial charge in [-0.3, -0.25) is 24.5 Å². The first-order chi connectivity index (χ1) is 46.3. The monoisotopic (exact) mass is 1370 g/mol. The van der Waals surface area contributed by atoms with Gasteiger partial charge in [-0.2, -0.15) is 26.3 Å². The number of hydrogen-bond acceptors (Lipinski definition) is 13. The number of hydrogen-bond donors (Lipinski definition) is 2. The van der Waals surface area contributed by atoms with Crippen molar-refractivity contribution in [1.82, 2.24) is 34.4 Å². The lowest BCUT2D eigenvalue weighted by atomic mass is 9.72. The molecule has 4 aliphatic rings. The van der Waals surface area contributed by atoms with Crippen LogP contribution in [-0.2, 0) is 48.0 Å². The van der Waals surface area contributed by atoms with Gasteiger partial charge < -0.3 is 48.9 Å². The molecule has 2 atom stereocenters. The molecule has 1 aliphatic carbocycles. The highest BCUT2D eigenvalue weighted by atomic mass is 32.1. The Labute approximate surface area is 567 Å². The first-order valence-electron chi connectivity index (χ1n) is 33.3. The number of para-hydroxylation sites is 1. The molecule has 4 aromatic carbocycles. The van der Waals surface area contributed by atoms with Crippen molar-refractivity contribution in [1.29, 1.82) is 0 Å². The van der Waals surface area contributed by atoms with Gasteiger partial charge in [0, 0.05) is 96.5 Å². The van der Waals surface area contributed by atoms with Crippen LogP contribution in [0.25, 0.3) is 11.1 Å². The first kappa shape index (κ1) is 73.5. The summed E-state index contributed by atoms with van der Waals surface area (Å²) in [5.74, 6) is -1.77. The van der Waals surface area contributed by atoms with Crippen molar-refractivity contribution in [3.8, 4) is 11.1 Å². The molecule has 97 heavy (non-hydrogen) atoms. The third-order valence-corrected chi connectivity index (χ3v) is 20.2. The Hall–Kier alpha value is -7.71. The maximum Gasteiger partial charge on any atom is 0.416 e. The molecular formula is C72H88F7N9O8S. The van der Waals surface area contributed by atoms with Gasteiger partial charge in [0.25, 0.3) is 11.8 Å². The number of likely N-dealkylation sites (N-methyl/N-ethyl adjacent to an activating group) is 2. The molecule has 3 aliphatic heterocycles. The molecule has 3 fully saturated rings. The first-order valence-corrected chi connectivity index (χ1v) is 34.1. The second-order valence-corrected chi connectivity index (χ2v) is 26.8. The molecule has 17 nitrogen and oxygen atoms in total. The molecule has 4 heterocycles. The van der Waals surface area contributed by atoms with Crippen molar-refractivity contribution in [2.75, 3.05) is 117 Å². The molecule has 3 saturated heterocycles. The van der Waals surface area contributed by atoms with Gasteiger partial charge >= 0.3 is 18.4 Å². The van der Waals surface area contributed by atoms with Gasteiger partial charge in [-0.1, -0.05) is 104 Å². The number of nitrogens with zero attached hydrogens (tertiary/aromatic N) is 7. The number of anilines is 2. The summed E-state index contributed by atoms with van der Waals surface area (Å²) in [5, 5.41) is 6.87. The molecule has 1 aromatic heterocycles.